The Labute approximate surface area is 139 Å². The van der Waals surface area contributed by atoms with Gasteiger partial charge in [-0.1, -0.05) is 19.9 Å². The van der Waals surface area contributed by atoms with Crippen LogP contribution in [0.15, 0.2) is 18.3 Å². The van der Waals surface area contributed by atoms with Crippen molar-refractivity contribution in [1.29, 1.82) is 0 Å². The smallest absolute Gasteiger partial charge is 0.407 e. The molecule has 1 aromatic heterocycles. The number of hydrogen-bond donors (Lipinski definition) is 2. The second-order valence-electron chi connectivity index (χ2n) is 6.82. The van der Waals surface area contributed by atoms with Crippen LogP contribution in [-0.2, 0) is 11.3 Å². The molecular formula is C17H29N3O3. The lowest BCUT2D eigenvalue weighted by Gasteiger charge is -2.25. The summed E-state index contributed by atoms with van der Waals surface area (Å²) in [6.45, 7) is 11.0. The second-order valence-corrected chi connectivity index (χ2v) is 6.82. The Morgan fingerprint density at radius 1 is 1.30 bits per heavy atom. The summed E-state index contributed by atoms with van der Waals surface area (Å²) in [6.07, 6.45) is 1.39. The van der Waals surface area contributed by atoms with Crippen LogP contribution in [0.1, 0.15) is 40.2 Å². The lowest BCUT2D eigenvalue weighted by molar-refractivity contribution is 0.0519. The van der Waals surface area contributed by atoms with Gasteiger partial charge >= 0.3 is 6.09 Å². The SMILES string of the molecule is COc1ccc(CNC(CNC(=O)OC(C)(C)C)C(C)C)cn1. The Kier molecular flexibility index (Phi) is 7.29. The van der Waals surface area contributed by atoms with E-state index in [1.54, 1.807) is 13.3 Å². The Morgan fingerprint density at radius 3 is 2.48 bits per heavy atom. The van der Waals surface area contributed by atoms with Gasteiger partial charge in [0.15, 0.2) is 0 Å². The topological polar surface area (TPSA) is 72.5 Å². The zero-order valence-corrected chi connectivity index (χ0v) is 15.0. The molecule has 0 aliphatic heterocycles. The highest BCUT2D eigenvalue weighted by Gasteiger charge is 2.18. The van der Waals surface area contributed by atoms with E-state index in [0.29, 0.717) is 24.9 Å². The summed E-state index contributed by atoms with van der Waals surface area (Å²) in [4.78, 5) is 15.9. The van der Waals surface area contributed by atoms with Gasteiger partial charge in [-0.2, -0.15) is 0 Å². The summed E-state index contributed by atoms with van der Waals surface area (Å²) in [5, 5.41) is 6.26. The van der Waals surface area contributed by atoms with Gasteiger partial charge in [-0.15, -0.1) is 0 Å². The van der Waals surface area contributed by atoms with Crippen molar-refractivity contribution in [3.63, 3.8) is 0 Å². The van der Waals surface area contributed by atoms with Crippen LogP contribution in [0.4, 0.5) is 4.79 Å². The molecule has 1 rings (SSSR count). The molecule has 1 aromatic rings. The number of carbonyl (C=O) groups is 1. The molecule has 0 saturated heterocycles. The van der Waals surface area contributed by atoms with Gasteiger partial charge < -0.3 is 20.1 Å². The van der Waals surface area contributed by atoms with Crippen LogP contribution in [0.2, 0.25) is 0 Å². The first-order chi connectivity index (χ1) is 10.7. The van der Waals surface area contributed by atoms with E-state index in [0.717, 1.165) is 5.56 Å². The maximum absolute atomic E-state index is 11.7. The molecule has 1 heterocycles. The molecule has 6 heteroatoms. The molecule has 0 fully saturated rings. The summed E-state index contributed by atoms with van der Waals surface area (Å²) in [6, 6.07) is 3.95. The Morgan fingerprint density at radius 2 is 2.00 bits per heavy atom. The third-order valence-electron chi connectivity index (χ3n) is 3.25. The van der Waals surface area contributed by atoms with Crippen molar-refractivity contribution < 1.29 is 14.3 Å². The number of carbonyl (C=O) groups excluding carboxylic acids is 1. The maximum Gasteiger partial charge on any atom is 0.407 e. The van der Waals surface area contributed by atoms with Gasteiger partial charge in [0.1, 0.15) is 5.60 Å². The quantitative estimate of drug-likeness (QED) is 0.807. The lowest BCUT2D eigenvalue weighted by Crippen LogP contribution is -2.45. The van der Waals surface area contributed by atoms with E-state index in [9.17, 15) is 4.79 Å². The lowest BCUT2D eigenvalue weighted by atomic mass is 10.0. The van der Waals surface area contributed by atoms with Gasteiger partial charge in [-0.25, -0.2) is 9.78 Å². The van der Waals surface area contributed by atoms with E-state index in [1.807, 2.05) is 32.9 Å². The third-order valence-corrected chi connectivity index (χ3v) is 3.25. The first kappa shape index (κ1) is 19.2. The normalized spacial score (nSPS) is 12.8. The van der Waals surface area contributed by atoms with Gasteiger partial charge in [-0.3, -0.25) is 0 Å². The maximum atomic E-state index is 11.7. The molecule has 0 bridgehead atoms. The highest BCUT2D eigenvalue weighted by molar-refractivity contribution is 5.67. The average Bonchev–Trinajstić information content (AvgIpc) is 2.45. The fourth-order valence-electron chi connectivity index (χ4n) is 1.94. The molecule has 0 aromatic carbocycles. The molecule has 1 unspecified atom stereocenters. The monoisotopic (exact) mass is 323 g/mol. The van der Waals surface area contributed by atoms with Crippen LogP contribution in [0, 0.1) is 5.92 Å². The number of nitrogens with zero attached hydrogens (tertiary/aromatic N) is 1. The predicted octanol–water partition coefficient (Wildman–Crippen LogP) is 2.73. The molecule has 0 radical (unpaired) electrons. The summed E-state index contributed by atoms with van der Waals surface area (Å²) < 4.78 is 10.3. The average molecular weight is 323 g/mol. The largest absolute Gasteiger partial charge is 0.481 e. The van der Waals surface area contributed by atoms with Gasteiger partial charge in [0.05, 0.1) is 7.11 Å². The van der Waals surface area contributed by atoms with Crippen molar-refractivity contribution in [1.82, 2.24) is 15.6 Å². The van der Waals surface area contributed by atoms with E-state index >= 15 is 0 Å². The molecular weight excluding hydrogens is 294 g/mol. The molecule has 23 heavy (non-hydrogen) atoms. The van der Waals surface area contributed by atoms with Crippen molar-refractivity contribution in [2.75, 3.05) is 13.7 Å². The molecule has 0 spiro atoms. The minimum atomic E-state index is -0.487. The molecule has 2 N–H and O–H groups in total. The summed E-state index contributed by atoms with van der Waals surface area (Å²) in [5.74, 6) is 0.969. The molecule has 1 atom stereocenters. The van der Waals surface area contributed by atoms with E-state index in [2.05, 4.69) is 29.5 Å². The Hall–Kier alpha value is -1.82. The van der Waals surface area contributed by atoms with Crippen molar-refractivity contribution in [2.45, 2.75) is 52.8 Å². The number of alkyl carbamates (subject to hydrolysis) is 1. The number of methoxy groups -OCH3 is 1. The van der Waals surface area contributed by atoms with Crippen molar-refractivity contribution in [3.8, 4) is 5.88 Å². The van der Waals surface area contributed by atoms with E-state index in [-0.39, 0.29) is 6.04 Å². The standard InChI is InChI=1S/C17H29N3O3/c1-12(2)14(11-20-16(21)23-17(3,4)5)18-9-13-7-8-15(22-6)19-10-13/h7-8,10,12,14,18H,9,11H2,1-6H3,(H,20,21). The van der Waals surface area contributed by atoms with Crippen molar-refractivity contribution in [3.05, 3.63) is 23.9 Å². The summed E-state index contributed by atoms with van der Waals surface area (Å²) in [5.41, 5.74) is 0.577. The number of hydrogen-bond acceptors (Lipinski definition) is 5. The van der Waals surface area contributed by atoms with Crippen LogP contribution in [0.25, 0.3) is 0 Å². The van der Waals surface area contributed by atoms with E-state index in [4.69, 9.17) is 9.47 Å². The molecule has 1 amide bonds. The number of ether oxygens (including phenoxy) is 2. The fourth-order valence-corrected chi connectivity index (χ4v) is 1.94. The van der Waals surface area contributed by atoms with Gasteiger partial charge in [0.25, 0.3) is 0 Å². The second kappa shape index (κ2) is 8.72. The van der Waals surface area contributed by atoms with Crippen LogP contribution in [0.5, 0.6) is 5.88 Å². The molecule has 0 saturated carbocycles. The Balaban J connectivity index is 2.47. The third kappa shape index (κ3) is 7.83. The molecule has 0 aliphatic carbocycles. The van der Waals surface area contributed by atoms with Gasteiger partial charge in [-0.05, 0) is 32.3 Å². The first-order valence-corrected chi connectivity index (χ1v) is 7.90. The number of rotatable bonds is 7. The number of pyridine rings is 1. The highest BCUT2D eigenvalue weighted by atomic mass is 16.6. The number of amides is 1. The number of aromatic nitrogens is 1. The van der Waals surface area contributed by atoms with Gasteiger partial charge in [0, 0.05) is 31.4 Å². The molecule has 130 valence electrons. The minimum absolute atomic E-state index is 0.143. The van der Waals surface area contributed by atoms with Crippen LogP contribution < -0.4 is 15.4 Å². The molecule has 6 nitrogen and oxygen atoms in total. The molecule has 0 aliphatic rings. The number of nitrogens with one attached hydrogen (secondary N) is 2. The van der Waals surface area contributed by atoms with Crippen molar-refractivity contribution in [2.24, 2.45) is 5.92 Å². The predicted molar refractivity (Wildman–Crippen MR) is 90.5 cm³/mol. The van der Waals surface area contributed by atoms with Crippen LogP contribution in [0.3, 0.4) is 0 Å². The first-order valence-electron chi connectivity index (χ1n) is 7.90. The van der Waals surface area contributed by atoms with Crippen LogP contribution >= 0.6 is 0 Å². The fraction of sp³-hybridized carbons (Fsp3) is 0.647. The minimum Gasteiger partial charge on any atom is -0.481 e. The van der Waals surface area contributed by atoms with E-state index in [1.165, 1.54) is 0 Å². The summed E-state index contributed by atoms with van der Waals surface area (Å²) in [7, 11) is 1.59. The van der Waals surface area contributed by atoms with Crippen molar-refractivity contribution >= 4 is 6.09 Å². The highest BCUT2D eigenvalue weighted by Crippen LogP contribution is 2.09. The van der Waals surface area contributed by atoms with Crippen LogP contribution in [-0.4, -0.2) is 36.4 Å². The van der Waals surface area contributed by atoms with E-state index < -0.39 is 11.7 Å². The zero-order chi connectivity index (χ0) is 17.5. The Bertz CT molecular complexity index is 481. The van der Waals surface area contributed by atoms with Gasteiger partial charge in [0.2, 0.25) is 5.88 Å². The summed E-state index contributed by atoms with van der Waals surface area (Å²) >= 11 is 0. The zero-order valence-electron chi connectivity index (χ0n) is 15.0.